The minimum atomic E-state index is -3.88. The summed E-state index contributed by atoms with van der Waals surface area (Å²) >= 11 is 0. The van der Waals surface area contributed by atoms with Gasteiger partial charge in [0.1, 0.15) is 41.1 Å². The molecule has 0 saturated carbocycles. The highest BCUT2D eigenvalue weighted by Crippen LogP contribution is 2.37. The number of ether oxygens (including phenoxy) is 3. The first-order chi connectivity index (χ1) is 19.2. The summed E-state index contributed by atoms with van der Waals surface area (Å²) in [6.07, 6.45) is 2.00. The van der Waals surface area contributed by atoms with Crippen LogP contribution in [0.1, 0.15) is 31.4 Å². The van der Waals surface area contributed by atoms with Gasteiger partial charge in [-0.25, -0.2) is 27.8 Å². The normalized spacial score (nSPS) is 13.1. The molecule has 0 fully saturated rings. The molecule has 1 N–H and O–H groups in total. The van der Waals surface area contributed by atoms with Crippen LogP contribution in [0, 0.1) is 5.82 Å². The third-order valence-electron chi connectivity index (χ3n) is 6.30. The summed E-state index contributed by atoms with van der Waals surface area (Å²) in [5.74, 6) is -0.249. The zero-order valence-corrected chi connectivity index (χ0v) is 23.2. The van der Waals surface area contributed by atoms with Crippen molar-refractivity contribution in [3.8, 4) is 34.6 Å². The first kappa shape index (κ1) is 28.8. The lowest BCUT2D eigenvalue weighted by Crippen LogP contribution is -2.27. The minimum absolute atomic E-state index is 0.0425. The molecule has 0 spiro atoms. The highest BCUT2D eigenvalue weighted by atomic mass is 32.2. The Morgan fingerprint density at radius 2 is 1.65 bits per heavy atom. The Bertz CT molecular complexity index is 1540. The van der Waals surface area contributed by atoms with Crippen LogP contribution in [0.15, 0.2) is 48.8 Å². The molecule has 4 aromatic rings. The van der Waals surface area contributed by atoms with E-state index in [9.17, 15) is 12.8 Å². The van der Waals surface area contributed by atoms with Crippen LogP contribution < -0.4 is 14.2 Å². The van der Waals surface area contributed by atoms with Gasteiger partial charge in [0, 0.05) is 12.0 Å². The maximum absolute atomic E-state index is 13.7. The van der Waals surface area contributed by atoms with Crippen LogP contribution in [0.3, 0.4) is 0 Å². The number of benzene rings is 1. The molecule has 212 valence electrons. The summed E-state index contributed by atoms with van der Waals surface area (Å²) < 4.78 is 58.8. The number of methoxy groups -OCH3 is 2. The molecular weight excluding hydrogens is 543 g/mol. The van der Waals surface area contributed by atoms with Crippen LogP contribution in [0.4, 0.5) is 4.39 Å². The van der Waals surface area contributed by atoms with Gasteiger partial charge in [-0.15, -0.1) is 10.2 Å². The van der Waals surface area contributed by atoms with Gasteiger partial charge in [-0.2, -0.15) is 0 Å². The van der Waals surface area contributed by atoms with E-state index in [1.165, 1.54) is 18.8 Å². The Morgan fingerprint density at radius 1 is 1.00 bits per heavy atom. The fourth-order valence-corrected chi connectivity index (χ4v) is 5.58. The molecule has 3 aromatic heterocycles. The van der Waals surface area contributed by atoms with Crippen LogP contribution in [0.2, 0.25) is 0 Å². The molecule has 0 saturated heterocycles. The van der Waals surface area contributed by atoms with Crippen LogP contribution in [0.25, 0.3) is 17.2 Å². The lowest BCUT2D eigenvalue weighted by atomic mass is 10.1. The van der Waals surface area contributed by atoms with E-state index in [2.05, 4.69) is 25.1 Å². The maximum Gasteiger partial charge on any atom is 0.213 e. The number of nitrogens with zero attached hydrogens (tertiary/aromatic N) is 6. The number of halogens is 1. The van der Waals surface area contributed by atoms with E-state index in [0.29, 0.717) is 22.9 Å². The molecule has 0 radical (unpaired) electrons. The van der Waals surface area contributed by atoms with E-state index in [4.69, 9.17) is 19.3 Å². The number of aliphatic hydroxyl groups is 1. The number of hydrogen-bond acceptors (Lipinski definition) is 11. The average Bonchev–Trinajstić information content (AvgIpc) is 3.37. The summed E-state index contributed by atoms with van der Waals surface area (Å²) in [6, 6.07) is 10.1. The van der Waals surface area contributed by atoms with E-state index in [0.717, 1.165) is 12.4 Å². The van der Waals surface area contributed by atoms with Crippen molar-refractivity contribution in [3.05, 3.63) is 66.3 Å². The zero-order valence-electron chi connectivity index (χ0n) is 22.4. The number of pyridine rings is 1. The Hall–Kier alpha value is -4.17. The molecule has 0 aliphatic carbocycles. The largest absolute Gasteiger partial charge is 0.494 e. The highest BCUT2D eigenvalue weighted by molar-refractivity contribution is 7.91. The first-order valence-electron chi connectivity index (χ1n) is 12.3. The molecule has 12 nitrogen and oxygen atoms in total. The lowest BCUT2D eigenvalue weighted by Gasteiger charge is -2.20. The quantitative estimate of drug-likeness (QED) is 0.267. The summed E-state index contributed by atoms with van der Waals surface area (Å²) in [7, 11) is -0.923. The molecule has 1 aromatic carbocycles. The van der Waals surface area contributed by atoms with Gasteiger partial charge in [0.2, 0.25) is 5.88 Å². The lowest BCUT2D eigenvalue weighted by molar-refractivity contribution is 0.197. The van der Waals surface area contributed by atoms with Crippen molar-refractivity contribution in [1.82, 2.24) is 29.7 Å². The van der Waals surface area contributed by atoms with Crippen LogP contribution in [-0.2, 0) is 15.6 Å². The summed E-state index contributed by atoms with van der Waals surface area (Å²) in [5, 5.41) is 16.7. The summed E-state index contributed by atoms with van der Waals surface area (Å²) in [6.45, 7) is 3.06. The second-order valence-corrected chi connectivity index (χ2v) is 11.1. The third kappa shape index (κ3) is 6.02. The standard InChI is InChI=1S/C26H29FN6O6S/c1-16(25-28-13-18(27)14-29-25)17(2)40(35,36)15-22-31-32-26(19-7-5-10-23(30-19)39-12-11-34)33(22)24-20(37-3)8-6-9-21(24)38-4/h5-10,13-14,16-17,34H,11-12,15H2,1-4H3/t16-,17-/m0/s1. The second kappa shape index (κ2) is 12.3. The van der Waals surface area contributed by atoms with Gasteiger partial charge in [0.15, 0.2) is 27.3 Å². The van der Waals surface area contributed by atoms with Crippen molar-refractivity contribution >= 4 is 9.84 Å². The molecular formula is C26H29FN6O6S. The van der Waals surface area contributed by atoms with Gasteiger partial charge in [0.25, 0.3) is 0 Å². The molecule has 2 atom stereocenters. The van der Waals surface area contributed by atoms with Crippen molar-refractivity contribution in [2.75, 3.05) is 27.4 Å². The Kier molecular flexibility index (Phi) is 8.90. The number of aromatic nitrogens is 6. The van der Waals surface area contributed by atoms with E-state index in [1.807, 2.05) is 0 Å². The predicted octanol–water partition coefficient (Wildman–Crippen LogP) is 2.75. The SMILES string of the molecule is COc1cccc(OC)c1-n1c(CS(=O)(=O)[C@@H](C)[C@H](C)c2ncc(F)cn2)nnc1-c1cccc(OCCO)n1. The minimum Gasteiger partial charge on any atom is -0.494 e. The van der Waals surface area contributed by atoms with Gasteiger partial charge in [-0.3, -0.25) is 4.57 Å². The Labute approximate surface area is 230 Å². The zero-order chi connectivity index (χ0) is 28.9. The van der Waals surface area contributed by atoms with E-state index in [1.54, 1.807) is 50.2 Å². The maximum atomic E-state index is 13.7. The van der Waals surface area contributed by atoms with Crippen molar-refractivity contribution in [2.45, 2.75) is 30.8 Å². The van der Waals surface area contributed by atoms with Gasteiger partial charge in [-0.1, -0.05) is 19.1 Å². The fourth-order valence-electron chi connectivity index (χ4n) is 4.02. The second-order valence-electron chi connectivity index (χ2n) is 8.78. The van der Waals surface area contributed by atoms with Gasteiger partial charge < -0.3 is 19.3 Å². The number of para-hydroxylation sites is 1. The number of aliphatic hydroxyl groups excluding tert-OH is 1. The molecule has 0 unspecified atom stereocenters. The molecule has 40 heavy (non-hydrogen) atoms. The van der Waals surface area contributed by atoms with Crippen molar-refractivity contribution in [1.29, 1.82) is 0 Å². The summed E-state index contributed by atoms with van der Waals surface area (Å²) in [4.78, 5) is 12.4. The molecule has 0 amide bonds. The van der Waals surface area contributed by atoms with Gasteiger partial charge >= 0.3 is 0 Å². The Balaban J connectivity index is 1.82. The molecule has 0 bridgehead atoms. The number of rotatable bonds is 12. The van der Waals surface area contributed by atoms with Crippen LogP contribution in [-0.4, -0.2) is 75.9 Å². The average molecular weight is 573 g/mol. The van der Waals surface area contributed by atoms with E-state index < -0.39 is 32.6 Å². The monoisotopic (exact) mass is 572 g/mol. The predicted molar refractivity (Wildman–Crippen MR) is 143 cm³/mol. The molecule has 4 rings (SSSR count). The van der Waals surface area contributed by atoms with Crippen molar-refractivity contribution in [2.24, 2.45) is 0 Å². The fraction of sp³-hybridized carbons (Fsp3) is 0.346. The third-order valence-corrected chi connectivity index (χ3v) is 8.50. The smallest absolute Gasteiger partial charge is 0.213 e. The van der Waals surface area contributed by atoms with Crippen molar-refractivity contribution < 1.29 is 32.1 Å². The molecule has 0 aliphatic rings. The Morgan fingerprint density at radius 3 is 2.27 bits per heavy atom. The topological polar surface area (TPSA) is 151 Å². The number of sulfone groups is 1. The van der Waals surface area contributed by atoms with Crippen LogP contribution in [0.5, 0.6) is 17.4 Å². The molecule has 0 aliphatic heterocycles. The molecule has 14 heteroatoms. The molecule has 3 heterocycles. The van der Waals surface area contributed by atoms with E-state index in [-0.39, 0.29) is 36.6 Å². The van der Waals surface area contributed by atoms with E-state index >= 15 is 0 Å². The van der Waals surface area contributed by atoms with Gasteiger partial charge in [0.05, 0.1) is 38.5 Å². The first-order valence-corrected chi connectivity index (χ1v) is 14.0. The summed E-state index contributed by atoms with van der Waals surface area (Å²) in [5.41, 5.74) is 0.712. The van der Waals surface area contributed by atoms with Crippen LogP contribution >= 0.6 is 0 Å². The highest BCUT2D eigenvalue weighted by Gasteiger charge is 2.33. The van der Waals surface area contributed by atoms with Crippen molar-refractivity contribution in [3.63, 3.8) is 0 Å². The van der Waals surface area contributed by atoms with Gasteiger partial charge in [-0.05, 0) is 25.1 Å². The number of hydrogen-bond donors (Lipinski definition) is 1.